The highest BCUT2D eigenvalue weighted by molar-refractivity contribution is 5.87. The molecule has 1 aliphatic heterocycles. The summed E-state index contributed by atoms with van der Waals surface area (Å²) in [6.45, 7) is 5.24. The van der Waals surface area contributed by atoms with Gasteiger partial charge in [-0.25, -0.2) is 0 Å². The van der Waals surface area contributed by atoms with Crippen LogP contribution in [-0.2, 0) is 22.6 Å². The van der Waals surface area contributed by atoms with E-state index < -0.39 is 5.91 Å². The summed E-state index contributed by atoms with van der Waals surface area (Å²) in [5.74, 6) is -0.221. The van der Waals surface area contributed by atoms with E-state index >= 15 is 0 Å². The van der Waals surface area contributed by atoms with Crippen molar-refractivity contribution in [3.8, 4) is 0 Å². The zero-order valence-corrected chi connectivity index (χ0v) is 12.6. The van der Waals surface area contributed by atoms with Crippen molar-refractivity contribution in [3.63, 3.8) is 0 Å². The van der Waals surface area contributed by atoms with Gasteiger partial charge in [0.05, 0.1) is 12.6 Å². The Morgan fingerprint density at radius 2 is 2.00 bits per heavy atom. The Labute approximate surface area is 125 Å². The van der Waals surface area contributed by atoms with Gasteiger partial charge in [0.25, 0.3) is 0 Å². The van der Waals surface area contributed by atoms with E-state index in [9.17, 15) is 9.59 Å². The van der Waals surface area contributed by atoms with Crippen molar-refractivity contribution >= 4 is 11.8 Å². The zero-order valence-electron chi connectivity index (χ0n) is 12.6. The molecule has 2 rings (SSSR count). The van der Waals surface area contributed by atoms with Gasteiger partial charge in [-0.15, -0.1) is 0 Å². The quantitative estimate of drug-likeness (QED) is 0.836. The molecular formula is C16H23N3O2. The smallest absolute Gasteiger partial charge is 0.240 e. The minimum atomic E-state index is -0.472. The topological polar surface area (TPSA) is 75.4 Å². The summed E-state index contributed by atoms with van der Waals surface area (Å²) in [6, 6.07) is 7.83. The number of primary amides is 1. The van der Waals surface area contributed by atoms with Gasteiger partial charge in [-0.2, -0.15) is 0 Å². The molecule has 5 nitrogen and oxygen atoms in total. The number of benzene rings is 1. The molecule has 0 radical (unpaired) electrons. The number of carbonyl (C=O) groups excluding carboxylic acids is 2. The second kappa shape index (κ2) is 6.72. The molecule has 21 heavy (non-hydrogen) atoms. The van der Waals surface area contributed by atoms with Gasteiger partial charge >= 0.3 is 0 Å². The Balaban J connectivity index is 2.09. The predicted molar refractivity (Wildman–Crippen MR) is 81.4 cm³/mol. The van der Waals surface area contributed by atoms with E-state index in [4.69, 9.17) is 5.73 Å². The summed E-state index contributed by atoms with van der Waals surface area (Å²) >= 11 is 0. The first-order valence-corrected chi connectivity index (χ1v) is 7.34. The standard InChI is InChI=1S/C16H23N3O2/c1-11(2)9-19(10-15(17)20)16(21)14-7-12-5-3-4-6-13(12)8-18-14/h3-6,11,14,18H,7-10H2,1-2H3,(H2,17,20). The Morgan fingerprint density at radius 1 is 1.33 bits per heavy atom. The molecule has 1 atom stereocenters. The van der Waals surface area contributed by atoms with Gasteiger partial charge < -0.3 is 16.0 Å². The average molecular weight is 289 g/mol. The number of hydrogen-bond acceptors (Lipinski definition) is 3. The van der Waals surface area contributed by atoms with Gasteiger partial charge in [0.2, 0.25) is 11.8 Å². The summed E-state index contributed by atoms with van der Waals surface area (Å²) in [5, 5.41) is 3.26. The molecule has 0 aromatic heterocycles. The average Bonchev–Trinajstić information content (AvgIpc) is 2.44. The number of amides is 2. The van der Waals surface area contributed by atoms with Crippen molar-refractivity contribution in [2.45, 2.75) is 32.9 Å². The van der Waals surface area contributed by atoms with Gasteiger partial charge in [0.1, 0.15) is 0 Å². The normalized spacial score (nSPS) is 17.4. The molecule has 0 aliphatic carbocycles. The lowest BCUT2D eigenvalue weighted by Gasteiger charge is -2.31. The first-order chi connectivity index (χ1) is 9.97. The van der Waals surface area contributed by atoms with Crippen LogP contribution in [0.5, 0.6) is 0 Å². The Morgan fingerprint density at radius 3 is 2.62 bits per heavy atom. The van der Waals surface area contributed by atoms with Crippen LogP contribution in [0.3, 0.4) is 0 Å². The molecule has 0 saturated carbocycles. The first kappa shape index (κ1) is 15.5. The van der Waals surface area contributed by atoms with Gasteiger partial charge in [-0.05, 0) is 23.5 Å². The van der Waals surface area contributed by atoms with E-state index in [0.717, 1.165) is 0 Å². The van der Waals surface area contributed by atoms with E-state index in [1.807, 2.05) is 26.0 Å². The Hall–Kier alpha value is -1.88. The fourth-order valence-electron chi connectivity index (χ4n) is 2.71. The van der Waals surface area contributed by atoms with Crippen LogP contribution >= 0.6 is 0 Å². The maximum Gasteiger partial charge on any atom is 0.240 e. The first-order valence-electron chi connectivity index (χ1n) is 7.34. The van der Waals surface area contributed by atoms with Crippen molar-refractivity contribution < 1.29 is 9.59 Å². The molecule has 0 fully saturated rings. The van der Waals surface area contributed by atoms with Crippen LogP contribution in [0.25, 0.3) is 0 Å². The minimum absolute atomic E-state index is 0.0170. The lowest BCUT2D eigenvalue weighted by molar-refractivity contribution is -0.137. The van der Waals surface area contributed by atoms with E-state index in [-0.39, 0.29) is 18.5 Å². The third kappa shape index (κ3) is 4.04. The van der Waals surface area contributed by atoms with Crippen LogP contribution in [0.1, 0.15) is 25.0 Å². The van der Waals surface area contributed by atoms with Gasteiger partial charge in [-0.1, -0.05) is 38.1 Å². The molecule has 2 amide bonds. The number of fused-ring (bicyclic) bond motifs is 1. The van der Waals surface area contributed by atoms with Crippen molar-refractivity contribution in [1.82, 2.24) is 10.2 Å². The summed E-state index contributed by atoms with van der Waals surface area (Å²) in [7, 11) is 0. The fourth-order valence-corrected chi connectivity index (χ4v) is 2.71. The van der Waals surface area contributed by atoms with Gasteiger partial charge in [0.15, 0.2) is 0 Å². The lowest BCUT2D eigenvalue weighted by Crippen LogP contribution is -2.52. The Bertz CT molecular complexity index is 528. The second-order valence-corrected chi connectivity index (χ2v) is 5.99. The highest BCUT2D eigenvalue weighted by Gasteiger charge is 2.28. The van der Waals surface area contributed by atoms with Crippen LogP contribution in [0, 0.1) is 5.92 Å². The Kier molecular flexibility index (Phi) is 4.96. The van der Waals surface area contributed by atoms with Crippen molar-refractivity contribution in [2.75, 3.05) is 13.1 Å². The number of rotatable bonds is 5. The summed E-state index contributed by atoms with van der Waals surface area (Å²) in [6.07, 6.45) is 0.655. The largest absolute Gasteiger partial charge is 0.368 e. The third-order valence-corrected chi connectivity index (χ3v) is 3.62. The SMILES string of the molecule is CC(C)CN(CC(N)=O)C(=O)C1Cc2ccccc2CN1. The minimum Gasteiger partial charge on any atom is -0.368 e. The van der Waals surface area contributed by atoms with E-state index in [0.29, 0.717) is 25.4 Å². The number of nitrogens with two attached hydrogens (primary N) is 1. The molecule has 0 spiro atoms. The molecule has 0 saturated heterocycles. The maximum absolute atomic E-state index is 12.6. The molecular weight excluding hydrogens is 266 g/mol. The monoisotopic (exact) mass is 289 g/mol. The van der Waals surface area contributed by atoms with Gasteiger partial charge in [0, 0.05) is 13.1 Å². The molecule has 0 bridgehead atoms. The maximum atomic E-state index is 12.6. The number of nitrogens with one attached hydrogen (secondary N) is 1. The number of hydrogen-bond donors (Lipinski definition) is 2. The van der Waals surface area contributed by atoms with E-state index in [2.05, 4.69) is 17.4 Å². The van der Waals surface area contributed by atoms with Crippen molar-refractivity contribution in [2.24, 2.45) is 11.7 Å². The third-order valence-electron chi connectivity index (χ3n) is 3.62. The highest BCUT2D eigenvalue weighted by atomic mass is 16.2. The van der Waals surface area contributed by atoms with E-state index in [1.54, 1.807) is 4.90 Å². The number of nitrogens with zero attached hydrogens (tertiary/aromatic N) is 1. The van der Waals surface area contributed by atoms with Crippen LogP contribution in [0.4, 0.5) is 0 Å². The lowest BCUT2D eigenvalue weighted by atomic mass is 9.95. The zero-order chi connectivity index (χ0) is 15.4. The summed E-state index contributed by atoms with van der Waals surface area (Å²) in [5.41, 5.74) is 7.68. The van der Waals surface area contributed by atoms with Crippen LogP contribution < -0.4 is 11.1 Å². The molecule has 3 N–H and O–H groups in total. The summed E-state index contributed by atoms with van der Waals surface area (Å²) in [4.78, 5) is 25.4. The molecule has 1 aliphatic rings. The molecule has 1 aromatic carbocycles. The molecule has 1 heterocycles. The molecule has 114 valence electrons. The summed E-state index contributed by atoms with van der Waals surface area (Å²) < 4.78 is 0. The van der Waals surface area contributed by atoms with Crippen molar-refractivity contribution in [3.05, 3.63) is 35.4 Å². The predicted octanol–water partition coefficient (Wildman–Crippen LogP) is 0.671. The fraction of sp³-hybridized carbons (Fsp3) is 0.500. The van der Waals surface area contributed by atoms with E-state index in [1.165, 1.54) is 11.1 Å². The molecule has 5 heteroatoms. The second-order valence-electron chi connectivity index (χ2n) is 5.99. The number of carbonyl (C=O) groups is 2. The molecule has 1 aromatic rings. The highest BCUT2D eigenvalue weighted by Crippen LogP contribution is 2.17. The molecule has 1 unspecified atom stereocenters. The van der Waals surface area contributed by atoms with Crippen LogP contribution in [-0.4, -0.2) is 35.8 Å². The van der Waals surface area contributed by atoms with Crippen molar-refractivity contribution in [1.29, 1.82) is 0 Å². The van der Waals surface area contributed by atoms with Crippen LogP contribution in [0.15, 0.2) is 24.3 Å². The van der Waals surface area contributed by atoms with Gasteiger partial charge in [-0.3, -0.25) is 9.59 Å². The van der Waals surface area contributed by atoms with Crippen LogP contribution in [0.2, 0.25) is 0 Å².